The van der Waals surface area contributed by atoms with Crippen molar-refractivity contribution < 1.29 is 18.0 Å². The van der Waals surface area contributed by atoms with Crippen LogP contribution in [0.2, 0.25) is 0 Å². The van der Waals surface area contributed by atoms with Gasteiger partial charge in [-0.15, -0.1) is 0 Å². The topological polar surface area (TPSA) is 57.2 Å². The summed E-state index contributed by atoms with van der Waals surface area (Å²) in [6, 6.07) is 10.7. The first-order valence-electron chi connectivity index (χ1n) is 6.98. The highest BCUT2D eigenvalue weighted by molar-refractivity contribution is 7.86. The molecule has 2 aromatic carbocycles. The van der Waals surface area contributed by atoms with Crippen LogP contribution in [-0.4, -0.2) is 10.9 Å². The molecule has 0 radical (unpaired) electrons. The van der Waals surface area contributed by atoms with Gasteiger partial charge in [-0.3, -0.25) is 9.52 Å². The van der Waals surface area contributed by atoms with Crippen LogP contribution >= 0.6 is 0 Å². The molecule has 4 rings (SSSR count). The Kier molecular flexibility index (Phi) is 3.24. The molecule has 2 heterocycles. The Hall–Kier alpha value is -2.61. The first-order valence-corrected chi connectivity index (χ1v) is 8.16. The van der Waals surface area contributed by atoms with Crippen molar-refractivity contribution in [3.63, 3.8) is 0 Å². The second kappa shape index (κ2) is 5.20. The summed E-state index contributed by atoms with van der Waals surface area (Å²) in [5, 5.41) is 0.889. The molecule has 0 aliphatic carbocycles. The van der Waals surface area contributed by atoms with Crippen molar-refractivity contribution in [2.24, 2.45) is 4.36 Å². The van der Waals surface area contributed by atoms with Crippen LogP contribution in [0, 0.1) is 0 Å². The zero-order valence-corrected chi connectivity index (χ0v) is 12.8. The molecule has 1 amide bonds. The third kappa shape index (κ3) is 2.39. The molecule has 1 aliphatic heterocycles. The lowest BCUT2D eigenvalue weighted by molar-refractivity contribution is -0.137. The molecule has 4 nitrogen and oxygen atoms in total. The summed E-state index contributed by atoms with van der Waals surface area (Å²) < 4.78 is 45.6. The number of aromatic amines is 1. The van der Waals surface area contributed by atoms with E-state index in [4.69, 9.17) is 0 Å². The smallest absolute Gasteiger partial charge is 0.359 e. The number of halogens is 3. The molecule has 3 aromatic rings. The quantitative estimate of drug-likeness (QED) is 0.675. The van der Waals surface area contributed by atoms with E-state index >= 15 is 0 Å². The van der Waals surface area contributed by atoms with Gasteiger partial charge in [0.25, 0.3) is 5.91 Å². The number of hydrogen-bond donors (Lipinski definition) is 2. The minimum absolute atomic E-state index is 0.0248. The molecule has 1 atom stereocenters. The number of hydrogen-bond acceptors (Lipinski definition) is 2. The zero-order valence-electron chi connectivity index (χ0n) is 12.0. The predicted molar refractivity (Wildman–Crippen MR) is 84.9 cm³/mol. The minimum atomic E-state index is -4.48. The first-order chi connectivity index (χ1) is 11.4. The fraction of sp³-hybridized carbons (Fsp3) is 0.0625. The molecule has 0 saturated carbocycles. The van der Waals surface area contributed by atoms with E-state index < -0.39 is 28.5 Å². The largest absolute Gasteiger partial charge is 0.416 e. The van der Waals surface area contributed by atoms with E-state index in [2.05, 4.69) is 14.1 Å². The standard InChI is InChI=1S/C16H10F3N3OS/c17-16(18,19)9-5-6-14-11(7-9)15(23)22-24(14)21-13-8-20-12-4-2-1-3-10(12)13/h1-8,20H,(H,21,22,23). The summed E-state index contributed by atoms with van der Waals surface area (Å²) in [7, 11) is -1.01. The van der Waals surface area contributed by atoms with E-state index in [0.29, 0.717) is 10.6 Å². The second-order valence-corrected chi connectivity index (χ2v) is 6.63. The number of alkyl halides is 3. The number of rotatable bonds is 1. The molecule has 1 unspecified atom stereocenters. The number of aromatic nitrogens is 1. The average molecular weight is 349 g/mol. The number of fused-ring (bicyclic) bond motifs is 2. The average Bonchev–Trinajstić information content (AvgIpc) is 3.09. The van der Waals surface area contributed by atoms with Gasteiger partial charge in [-0.1, -0.05) is 18.2 Å². The Labute approximate surface area is 136 Å². The number of nitrogens with one attached hydrogen (secondary N) is 2. The number of nitrogens with zero attached hydrogens (tertiary/aromatic N) is 1. The Morgan fingerprint density at radius 3 is 2.67 bits per heavy atom. The van der Waals surface area contributed by atoms with Gasteiger partial charge < -0.3 is 4.98 Å². The number of carbonyl (C=O) groups excluding carboxylic acids is 1. The van der Waals surface area contributed by atoms with E-state index in [1.165, 1.54) is 6.07 Å². The van der Waals surface area contributed by atoms with Crippen LogP contribution in [0.15, 0.2) is 57.9 Å². The van der Waals surface area contributed by atoms with E-state index in [0.717, 1.165) is 23.0 Å². The highest BCUT2D eigenvalue weighted by Crippen LogP contribution is 2.34. The number of amides is 1. The number of benzene rings is 2. The minimum Gasteiger partial charge on any atom is -0.359 e. The van der Waals surface area contributed by atoms with Gasteiger partial charge in [-0.05, 0) is 24.3 Å². The Bertz CT molecular complexity index is 1010. The lowest BCUT2D eigenvalue weighted by atomic mass is 10.1. The van der Waals surface area contributed by atoms with Crippen LogP contribution in [0.4, 0.5) is 18.9 Å². The summed E-state index contributed by atoms with van der Waals surface area (Å²) in [4.78, 5) is 15.6. The van der Waals surface area contributed by atoms with Crippen molar-refractivity contribution >= 4 is 33.4 Å². The van der Waals surface area contributed by atoms with Gasteiger partial charge in [-0.2, -0.15) is 13.2 Å². The number of H-pyrrole nitrogens is 1. The van der Waals surface area contributed by atoms with Crippen LogP contribution in [0.25, 0.3) is 10.9 Å². The van der Waals surface area contributed by atoms with Gasteiger partial charge in [0.2, 0.25) is 0 Å². The molecule has 0 saturated heterocycles. The van der Waals surface area contributed by atoms with Crippen molar-refractivity contribution in [3.05, 3.63) is 59.8 Å². The molecule has 1 aliphatic rings. The van der Waals surface area contributed by atoms with Crippen molar-refractivity contribution in [2.75, 3.05) is 0 Å². The van der Waals surface area contributed by atoms with Crippen LogP contribution in [0.1, 0.15) is 15.9 Å². The van der Waals surface area contributed by atoms with Crippen LogP contribution < -0.4 is 4.72 Å². The van der Waals surface area contributed by atoms with E-state index in [1.807, 2.05) is 24.3 Å². The molecule has 122 valence electrons. The molecule has 0 bridgehead atoms. The molecular formula is C16H10F3N3OS. The van der Waals surface area contributed by atoms with Crippen molar-refractivity contribution in [1.82, 2.24) is 9.71 Å². The summed E-state index contributed by atoms with van der Waals surface area (Å²) in [5.41, 5.74) is 0.741. The summed E-state index contributed by atoms with van der Waals surface area (Å²) in [6.45, 7) is 0. The summed E-state index contributed by atoms with van der Waals surface area (Å²) in [5.74, 6) is -0.539. The van der Waals surface area contributed by atoms with E-state index in [9.17, 15) is 18.0 Å². The number of para-hydroxylation sites is 1. The Balaban J connectivity index is 1.82. The molecule has 1 aromatic heterocycles. The third-order valence-electron chi connectivity index (χ3n) is 3.71. The van der Waals surface area contributed by atoms with Gasteiger partial charge in [0.05, 0.1) is 21.7 Å². The second-order valence-electron chi connectivity index (χ2n) is 5.24. The zero-order chi connectivity index (χ0) is 16.9. The van der Waals surface area contributed by atoms with Crippen molar-refractivity contribution in [3.8, 4) is 0 Å². The molecule has 2 N–H and O–H groups in total. The van der Waals surface area contributed by atoms with Gasteiger partial charge >= 0.3 is 6.18 Å². The van der Waals surface area contributed by atoms with Gasteiger partial charge in [0.15, 0.2) is 0 Å². The number of carbonyl (C=O) groups is 1. The van der Waals surface area contributed by atoms with Gasteiger partial charge in [0.1, 0.15) is 0 Å². The third-order valence-corrected chi connectivity index (χ3v) is 5.24. The van der Waals surface area contributed by atoms with E-state index in [-0.39, 0.29) is 5.56 Å². The molecule has 0 spiro atoms. The van der Waals surface area contributed by atoms with E-state index in [1.54, 1.807) is 6.20 Å². The molecule has 0 fully saturated rings. The van der Waals surface area contributed by atoms with Crippen LogP contribution in [-0.2, 0) is 17.1 Å². The summed E-state index contributed by atoms with van der Waals surface area (Å²) >= 11 is 0. The van der Waals surface area contributed by atoms with Crippen LogP contribution in [0.5, 0.6) is 0 Å². The maximum atomic E-state index is 12.8. The monoisotopic (exact) mass is 349 g/mol. The SMILES string of the molecule is O=C1NS(=Nc2c[nH]c3ccccc23)c2ccc(C(F)(F)F)cc21. The maximum absolute atomic E-state index is 12.8. The Morgan fingerprint density at radius 1 is 1.08 bits per heavy atom. The van der Waals surface area contributed by atoms with Gasteiger partial charge in [-0.25, -0.2) is 4.36 Å². The fourth-order valence-electron chi connectivity index (χ4n) is 2.55. The highest BCUT2D eigenvalue weighted by atomic mass is 32.2. The lowest BCUT2D eigenvalue weighted by Gasteiger charge is -2.07. The summed E-state index contributed by atoms with van der Waals surface area (Å²) in [6.07, 6.45) is -2.77. The van der Waals surface area contributed by atoms with Crippen LogP contribution in [0.3, 0.4) is 0 Å². The fourth-order valence-corrected chi connectivity index (χ4v) is 4.00. The highest BCUT2D eigenvalue weighted by Gasteiger charge is 2.34. The molecule has 8 heteroatoms. The first kappa shape index (κ1) is 14.9. The maximum Gasteiger partial charge on any atom is 0.416 e. The molecular weight excluding hydrogens is 339 g/mol. The van der Waals surface area contributed by atoms with Crippen molar-refractivity contribution in [2.45, 2.75) is 11.1 Å². The lowest BCUT2D eigenvalue weighted by Crippen LogP contribution is -2.15. The molecule has 24 heavy (non-hydrogen) atoms. The Morgan fingerprint density at radius 2 is 1.88 bits per heavy atom. The normalized spacial score (nSPS) is 17.3. The van der Waals surface area contributed by atoms with Crippen molar-refractivity contribution in [1.29, 1.82) is 0 Å². The predicted octanol–water partition coefficient (Wildman–Crippen LogP) is 4.34. The van der Waals surface area contributed by atoms with Gasteiger partial charge in [0, 0.05) is 28.0 Å².